The number of hydrogen-bond donors (Lipinski definition) is 2. The van der Waals surface area contributed by atoms with Gasteiger partial charge in [0.1, 0.15) is 0 Å². The van der Waals surface area contributed by atoms with Crippen molar-refractivity contribution in [3.05, 3.63) is 46.3 Å². The first-order chi connectivity index (χ1) is 12.9. The maximum atomic E-state index is 12.3. The quantitative estimate of drug-likeness (QED) is 0.778. The molecule has 0 aromatic carbocycles. The van der Waals surface area contributed by atoms with Crippen molar-refractivity contribution in [2.45, 2.75) is 25.6 Å². The van der Waals surface area contributed by atoms with Crippen molar-refractivity contribution >= 4 is 12.0 Å². The molecule has 2 aromatic rings. The van der Waals surface area contributed by atoms with Gasteiger partial charge in [0.2, 0.25) is 5.95 Å². The Bertz CT molecular complexity index is 817. The lowest BCUT2D eigenvalue weighted by Crippen LogP contribution is -2.41. The summed E-state index contributed by atoms with van der Waals surface area (Å²) < 4.78 is 5.00. The Hall–Kier alpha value is -2.81. The number of hydrogen-bond acceptors (Lipinski definition) is 6. The molecule has 3 rings (SSSR count). The van der Waals surface area contributed by atoms with Crippen molar-refractivity contribution in [2.24, 2.45) is 0 Å². The zero-order chi connectivity index (χ0) is 19.4. The minimum absolute atomic E-state index is 0.0729. The van der Waals surface area contributed by atoms with Crippen LogP contribution in [0.3, 0.4) is 0 Å². The molecule has 0 aliphatic carbocycles. The van der Waals surface area contributed by atoms with Gasteiger partial charge in [-0.15, -0.1) is 0 Å². The topological polar surface area (TPSA) is 97.7 Å². The molecule has 2 N–H and O–H groups in total. The Morgan fingerprint density at radius 1 is 1.44 bits per heavy atom. The summed E-state index contributed by atoms with van der Waals surface area (Å²) in [6.45, 7) is 2.37. The van der Waals surface area contributed by atoms with Crippen molar-refractivity contribution in [3.8, 4) is 0 Å². The Balaban J connectivity index is 1.53. The number of carbonyl (C=O) groups is 1. The second-order valence-corrected chi connectivity index (χ2v) is 7.05. The van der Waals surface area contributed by atoms with Crippen LogP contribution in [0.2, 0.25) is 0 Å². The van der Waals surface area contributed by atoms with Gasteiger partial charge in [-0.3, -0.25) is 14.7 Å². The first-order valence-corrected chi connectivity index (χ1v) is 8.94. The van der Waals surface area contributed by atoms with E-state index in [9.17, 15) is 9.59 Å². The van der Waals surface area contributed by atoms with E-state index in [1.807, 2.05) is 32.1 Å². The van der Waals surface area contributed by atoms with Crippen LogP contribution >= 0.6 is 0 Å². The lowest BCUT2D eigenvalue weighted by molar-refractivity contribution is 0.196. The standard InChI is InChI=1S/C18H26N6O3/c1-22(2)17-20-14(8-16(25)21-17)10-23(3)15-4-6-24(11-15)18(26)19-9-13-5-7-27-12-13/h5,7-8,12,15H,4,6,9-11H2,1-3H3,(H,19,26)(H,20,21,25). The lowest BCUT2D eigenvalue weighted by atomic mass is 10.2. The highest BCUT2D eigenvalue weighted by molar-refractivity contribution is 5.74. The number of H-pyrrole nitrogens is 1. The van der Waals surface area contributed by atoms with Crippen LogP contribution in [0.4, 0.5) is 10.7 Å². The Kier molecular flexibility index (Phi) is 5.80. The van der Waals surface area contributed by atoms with E-state index < -0.39 is 0 Å². The molecule has 0 saturated carbocycles. The Morgan fingerprint density at radius 2 is 2.26 bits per heavy atom. The molecule has 1 fully saturated rings. The lowest BCUT2D eigenvalue weighted by Gasteiger charge is -2.24. The van der Waals surface area contributed by atoms with Gasteiger partial charge in [-0.25, -0.2) is 9.78 Å². The maximum absolute atomic E-state index is 12.3. The minimum atomic E-state index is -0.163. The number of aromatic nitrogens is 2. The molecule has 3 heterocycles. The fourth-order valence-corrected chi connectivity index (χ4v) is 3.14. The number of anilines is 1. The molecular formula is C18H26N6O3. The summed E-state index contributed by atoms with van der Waals surface area (Å²) in [4.78, 5) is 37.1. The molecule has 27 heavy (non-hydrogen) atoms. The highest BCUT2D eigenvalue weighted by Crippen LogP contribution is 2.16. The molecular weight excluding hydrogens is 348 g/mol. The predicted octanol–water partition coefficient (Wildman–Crippen LogP) is 0.845. The van der Waals surface area contributed by atoms with E-state index in [2.05, 4.69) is 20.2 Å². The van der Waals surface area contributed by atoms with Gasteiger partial charge in [0.25, 0.3) is 5.56 Å². The third-order valence-electron chi connectivity index (χ3n) is 4.71. The number of furan rings is 1. The highest BCUT2D eigenvalue weighted by atomic mass is 16.3. The average molecular weight is 374 g/mol. The van der Waals surface area contributed by atoms with Crippen molar-refractivity contribution < 1.29 is 9.21 Å². The predicted molar refractivity (Wildman–Crippen MR) is 102 cm³/mol. The van der Waals surface area contributed by atoms with E-state index in [0.29, 0.717) is 37.8 Å². The van der Waals surface area contributed by atoms with Gasteiger partial charge in [0.15, 0.2) is 0 Å². The van der Waals surface area contributed by atoms with E-state index in [4.69, 9.17) is 4.42 Å². The van der Waals surface area contributed by atoms with Crippen LogP contribution in [0.15, 0.2) is 33.9 Å². The monoisotopic (exact) mass is 374 g/mol. The Morgan fingerprint density at radius 3 is 2.96 bits per heavy atom. The van der Waals surface area contributed by atoms with Gasteiger partial charge in [-0.2, -0.15) is 0 Å². The molecule has 1 aliphatic heterocycles. The zero-order valence-electron chi connectivity index (χ0n) is 15.9. The number of likely N-dealkylation sites (tertiary alicyclic amines) is 1. The number of likely N-dealkylation sites (N-methyl/N-ethyl adjacent to an activating group) is 1. The van der Waals surface area contributed by atoms with Crippen LogP contribution in [0, 0.1) is 0 Å². The van der Waals surface area contributed by atoms with Crippen LogP contribution in [0.25, 0.3) is 0 Å². The summed E-state index contributed by atoms with van der Waals surface area (Å²) in [6.07, 6.45) is 4.10. The Labute approximate surface area is 158 Å². The molecule has 146 valence electrons. The second-order valence-electron chi connectivity index (χ2n) is 7.05. The van der Waals surface area contributed by atoms with Crippen LogP contribution in [-0.4, -0.2) is 66.1 Å². The smallest absolute Gasteiger partial charge is 0.317 e. The number of amides is 2. The van der Waals surface area contributed by atoms with E-state index in [1.54, 1.807) is 17.4 Å². The van der Waals surface area contributed by atoms with Crippen LogP contribution in [0.1, 0.15) is 17.7 Å². The highest BCUT2D eigenvalue weighted by Gasteiger charge is 2.29. The third kappa shape index (κ3) is 4.88. The fraction of sp³-hybridized carbons (Fsp3) is 0.500. The molecule has 9 nitrogen and oxygen atoms in total. The molecule has 1 aliphatic rings. The zero-order valence-corrected chi connectivity index (χ0v) is 15.9. The number of nitrogens with one attached hydrogen (secondary N) is 2. The number of urea groups is 1. The summed E-state index contributed by atoms with van der Waals surface area (Å²) in [6, 6.07) is 3.51. The molecule has 0 spiro atoms. The van der Waals surface area contributed by atoms with Crippen molar-refractivity contribution in [1.29, 1.82) is 0 Å². The van der Waals surface area contributed by atoms with Gasteiger partial charge in [-0.05, 0) is 19.5 Å². The van der Waals surface area contributed by atoms with E-state index in [0.717, 1.165) is 12.0 Å². The first-order valence-electron chi connectivity index (χ1n) is 8.94. The van der Waals surface area contributed by atoms with Crippen molar-refractivity contribution in [1.82, 2.24) is 25.1 Å². The molecule has 1 saturated heterocycles. The summed E-state index contributed by atoms with van der Waals surface area (Å²) in [5.74, 6) is 0.539. The first kappa shape index (κ1) is 19.0. The molecule has 1 unspecified atom stereocenters. The van der Waals surface area contributed by atoms with Gasteiger partial charge in [0.05, 0.1) is 18.2 Å². The number of aromatic amines is 1. The van der Waals surface area contributed by atoms with Gasteiger partial charge >= 0.3 is 6.03 Å². The fourth-order valence-electron chi connectivity index (χ4n) is 3.14. The third-order valence-corrected chi connectivity index (χ3v) is 4.71. The summed E-state index contributed by atoms with van der Waals surface area (Å²) in [5, 5.41) is 2.91. The minimum Gasteiger partial charge on any atom is -0.472 e. The number of nitrogens with zero attached hydrogens (tertiary/aromatic N) is 4. The number of carbonyl (C=O) groups excluding carboxylic acids is 1. The molecule has 2 amide bonds. The van der Waals surface area contributed by atoms with Crippen molar-refractivity contribution in [2.75, 3.05) is 39.1 Å². The van der Waals surface area contributed by atoms with Gasteiger partial charge in [0, 0.05) is 57.9 Å². The van der Waals surface area contributed by atoms with Gasteiger partial charge in [-0.1, -0.05) is 0 Å². The second kappa shape index (κ2) is 8.26. The normalized spacial score (nSPS) is 16.7. The van der Waals surface area contributed by atoms with Crippen molar-refractivity contribution in [3.63, 3.8) is 0 Å². The number of rotatable bonds is 6. The van der Waals surface area contributed by atoms with E-state index in [-0.39, 0.29) is 17.6 Å². The molecule has 9 heteroatoms. The van der Waals surface area contributed by atoms with Crippen LogP contribution in [0.5, 0.6) is 0 Å². The van der Waals surface area contributed by atoms with Crippen LogP contribution < -0.4 is 15.8 Å². The molecule has 0 radical (unpaired) electrons. The SMILES string of the molecule is CN(C)c1nc(CN(C)C2CCN(C(=O)NCc3ccoc3)C2)cc(=O)[nH]1. The van der Waals surface area contributed by atoms with E-state index in [1.165, 1.54) is 6.07 Å². The largest absolute Gasteiger partial charge is 0.472 e. The maximum Gasteiger partial charge on any atom is 0.317 e. The summed E-state index contributed by atoms with van der Waals surface area (Å²) in [5.41, 5.74) is 1.49. The molecule has 0 bridgehead atoms. The van der Waals surface area contributed by atoms with Crippen LogP contribution in [-0.2, 0) is 13.1 Å². The van der Waals surface area contributed by atoms with Gasteiger partial charge < -0.3 is 19.5 Å². The van der Waals surface area contributed by atoms with E-state index >= 15 is 0 Å². The summed E-state index contributed by atoms with van der Waals surface area (Å²) >= 11 is 0. The average Bonchev–Trinajstić information content (AvgIpc) is 3.31. The molecule has 1 atom stereocenters. The molecule has 2 aromatic heterocycles. The summed E-state index contributed by atoms with van der Waals surface area (Å²) in [7, 11) is 5.67.